The Morgan fingerprint density at radius 3 is 2.45 bits per heavy atom. The van der Waals surface area contributed by atoms with Crippen LogP contribution >= 0.6 is 0 Å². The molecule has 0 saturated carbocycles. The number of hydrogen-bond donors (Lipinski definition) is 2. The van der Waals surface area contributed by atoms with Crippen molar-refractivity contribution in [3.8, 4) is 0 Å². The highest BCUT2D eigenvalue weighted by Gasteiger charge is 1.97. The molecule has 0 heterocycles. The smallest absolute Gasteiger partial charge is 0.148 e. The van der Waals surface area contributed by atoms with Gasteiger partial charge in [0.15, 0.2) is 0 Å². The zero-order chi connectivity index (χ0) is 8.69. The number of hydrogen-bond acceptors (Lipinski definition) is 3. The quantitative estimate of drug-likeness (QED) is 0.349. The van der Waals surface area contributed by atoms with Gasteiger partial charge >= 0.3 is 0 Å². The molecule has 0 amide bonds. The highest BCUT2D eigenvalue weighted by molar-refractivity contribution is 5.82. The van der Waals surface area contributed by atoms with E-state index in [4.69, 9.17) is 4.74 Å². The summed E-state index contributed by atoms with van der Waals surface area (Å²) in [4.78, 5) is 0. The highest BCUT2D eigenvalue weighted by atomic mass is 16.5. The number of nitrogens with one attached hydrogen (secondary N) is 2. The van der Waals surface area contributed by atoms with Crippen molar-refractivity contribution in [1.29, 1.82) is 0 Å². The second-order valence-corrected chi connectivity index (χ2v) is 2.39. The van der Waals surface area contributed by atoms with Crippen LogP contribution < -0.4 is 10.7 Å². The van der Waals surface area contributed by atoms with Crippen LogP contribution in [0.1, 0.15) is 13.8 Å². The third kappa shape index (κ3) is 5.66. The lowest BCUT2D eigenvalue weighted by atomic mass is 10.5. The van der Waals surface area contributed by atoms with Gasteiger partial charge in [-0.2, -0.15) is 5.10 Å². The van der Waals surface area contributed by atoms with Crippen molar-refractivity contribution in [1.82, 2.24) is 10.7 Å². The van der Waals surface area contributed by atoms with E-state index in [1.165, 1.54) is 0 Å². The summed E-state index contributed by atoms with van der Waals surface area (Å²) in [5.41, 5.74) is 2.69. The van der Waals surface area contributed by atoms with Crippen LogP contribution in [0.2, 0.25) is 0 Å². The number of hydrazone groups is 1. The Bertz CT molecular complexity index is 123. The molecule has 0 aromatic carbocycles. The maximum atomic E-state index is 5.31. The maximum absolute atomic E-state index is 5.31. The molecule has 0 aromatic rings. The molecule has 0 saturated heterocycles. The molecule has 4 heteroatoms. The summed E-state index contributed by atoms with van der Waals surface area (Å²) in [6, 6.07) is 0. The van der Waals surface area contributed by atoms with Gasteiger partial charge in [0.05, 0.1) is 6.10 Å². The molecule has 66 valence electrons. The van der Waals surface area contributed by atoms with Gasteiger partial charge in [0, 0.05) is 14.1 Å². The number of rotatable bonds is 4. The fourth-order valence-electron chi connectivity index (χ4n) is 0.541. The lowest BCUT2D eigenvalue weighted by Crippen LogP contribution is -2.27. The molecule has 0 rings (SSSR count). The Balaban J connectivity index is 3.61. The van der Waals surface area contributed by atoms with E-state index in [0.29, 0.717) is 6.61 Å². The van der Waals surface area contributed by atoms with Gasteiger partial charge in [0.25, 0.3) is 0 Å². The van der Waals surface area contributed by atoms with E-state index in [1.54, 1.807) is 7.05 Å². The van der Waals surface area contributed by atoms with Crippen molar-refractivity contribution >= 4 is 5.84 Å². The van der Waals surface area contributed by atoms with Gasteiger partial charge in [-0.3, -0.25) is 0 Å². The van der Waals surface area contributed by atoms with E-state index in [9.17, 15) is 0 Å². The Labute approximate surface area is 68.0 Å². The minimum Gasteiger partial charge on any atom is -0.373 e. The molecule has 0 atom stereocenters. The van der Waals surface area contributed by atoms with Crippen LogP contribution in [0.15, 0.2) is 5.10 Å². The van der Waals surface area contributed by atoms with Crippen molar-refractivity contribution in [2.45, 2.75) is 20.0 Å². The van der Waals surface area contributed by atoms with Gasteiger partial charge in [0.2, 0.25) is 0 Å². The Morgan fingerprint density at radius 2 is 2.09 bits per heavy atom. The summed E-state index contributed by atoms with van der Waals surface area (Å²) in [6.45, 7) is 4.51. The molecule has 0 radical (unpaired) electrons. The lowest BCUT2D eigenvalue weighted by Gasteiger charge is -2.08. The molecule has 2 N–H and O–H groups in total. The van der Waals surface area contributed by atoms with Crippen LogP contribution in [-0.2, 0) is 4.74 Å². The number of likely N-dealkylation sites (N-methyl/N-ethyl adjacent to an activating group) is 1. The van der Waals surface area contributed by atoms with Crippen molar-refractivity contribution in [3.05, 3.63) is 0 Å². The molecule has 0 bridgehead atoms. The Morgan fingerprint density at radius 1 is 1.45 bits per heavy atom. The zero-order valence-corrected chi connectivity index (χ0v) is 7.64. The maximum Gasteiger partial charge on any atom is 0.148 e. The average molecular weight is 159 g/mol. The number of ether oxygens (including phenoxy) is 1. The SMILES string of the molecule is CN/N=C(/COC(C)C)NC. The van der Waals surface area contributed by atoms with Gasteiger partial charge in [-0.15, -0.1) is 0 Å². The van der Waals surface area contributed by atoms with Gasteiger partial charge in [0.1, 0.15) is 12.4 Å². The molecule has 0 unspecified atom stereocenters. The number of nitrogens with zero attached hydrogens (tertiary/aromatic N) is 1. The first-order valence-electron chi connectivity index (χ1n) is 3.73. The van der Waals surface area contributed by atoms with E-state index >= 15 is 0 Å². The minimum atomic E-state index is 0.241. The van der Waals surface area contributed by atoms with Crippen molar-refractivity contribution in [2.75, 3.05) is 20.7 Å². The van der Waals surface area contributed by atoms with Crippen LogP contribution in [0, 0.1) is 0 Å². The van der Waals surface area contributed by atoms with Crippen molar-refractivity contribution in [2.24, 2.45) is 5.10 Å². The first kappa shape index (κ1) is 10.2. The molecular formula is C7H17N3O. The topological polar surface area (TPSA) is 45.7 Å². The molecule has 0 fully saturated rings. The van der Waals surface area contributed by atoms with Crippen LogP contribution in [0.3, 0.4) is 0 Å². The normalized spacial score (nSPS) is 11.9. The Hall–Kier alpha value is -0.770. The monoisotopic (exact) mass is 159 g/mol. The Kier molecular flexibility index (Phi) is 5.56. The average Bonchev–Trinajstić information content (AvgIpc) is 1.97. The summed E-state index contributed by atoms with van der Waals surface area (Å²) < 4.78 is 5.31. The summed E-state index contributed by atoms with van der Waals surface area (Å²) in [6.07, 6.45) is 0.241. The second kappa shape index (κ2) is 5.97. The molecule has 0 aliphatic heterocycles. The van der Waals surface area contributed by atoms with Crippen molar-refractivity contribution in [3.63, 3.8) is 0 Å². The first-order chi connectivity index (χ1) is 5.20. The van der Waals surface area contributed by atoms with Gasteiger partial charge in [-0.25, -0.2) is 0 Å². The fourth-order valence-corrected chi connectivity index (χ4v) is 0.541. The third-order valence-corrected chi connectivity index (χ3v) is 1.09. The van der Waals surface area contributed by atoms with E-state index < -0.39 is 0 Å². The van der Waals surface area contributed by atoms with Gasteiger partial charge in [-0.05, 0) is 13.8 Å². The highest BCUT2D eigenvalue weighted by Crippen LogP contribution is 1.86. The molecule has 4 nitrogen and oxygen atoms in total. The number of amidine groups is 1. The fraction of sp³-hybridized carbons (Fsp3) is 0.857. The predicted molar refractivity (Wildman–Crippen MR) is 46.6 cm³/mol. The molecular weight excluding hydrogens is 142 g/mol. The van der Waals surface area contributed by atoms with Crippen LogP contribution in [0.5, 0.6) is 0 Å². The zero-order valence-electron chi connectivity index (χ0n) is 7.64. The lowest BCUT2D eigenvalue weighted by molar-refractivity contribution is 0.109. The van der Waals surface area contributed by atoms with Crippen LogP contribution in [0.25, 0.3) is 0 Å². The van der Waals surface area contributed by atoms with E-state index in [1.807, 2.05) is 20.9 Å². The molecule has 11 heavy (non-hydrogen) atoms. The van der Waals surface area contributed by atoms with Crippen LogP contribution in [-0.4, -0.2) is 32.6 Å². The molecule has 0 aromatic heterocycles. The standard InChI is InChI=1S/C7H17N3O/c1-6(2)11-5-7(8-3)10-9-4/h6,9H,5H2,1-4H3,(H,8,10). The summed E-state index contributed by atoms with van der Waals surface area (Å²) >= 11 is 0. The molecule has 0 aliphatic rings. The summed E-state index contributed by atoms with van der Waals surface area (Å²) in [7, 11) is 3.58. The van der Waals surface area contributed by atoms with E-state index in [-0.39, 0.29) is 6.10 Å². The third-order valence-electron chi connectivity index (χ3n) is 1.09. The molecule has 0 spiro atoms. The van der Waals surface area contributed by atoms with Crippen LogP contribution in [0.4, 0.5) is 0 Å². The molecule has 0 aliphatic carbocycles. The first-order valence-corrected chi connectivity index (χ1v) is 3.73. The summed E-state index contributed by atoms with van der Waals surface area (Å²) in [5.74, 6) is 0.807. The van der Waals surface area contributed by atoms with Gasteiger partial charge < -0.3 is 15.5 Å². The summed E-state index contributed by atoms with van der Waals surface area (Å²) in [5, 5.41) is 6.87. The van der Waals surface area contributed by atoms with Gasteiger partial charge in [-0.1, -0.05) is 0 Å². The predicted octanol–water partition coefficient (Wildman–Crippen LogP) is 0.164. The minimum absolute atomic E-state index is 0.241. The van der Waals surface area contributed by atoms with E-state index in [2.05, 4.69) is 15.8 Å². The van der Waals surface area contributed by atoms with Crippen molar-refractivity contribution < 1.29 is 4.74 Å². The second-order valence-electron chi connectivity index (χ2n) is 2.39. The van der Waals surface area contributed by atoms with E-state index in [0.717, 1.165) is 5.84 Å². The largest absolute Gasteiger partial charge is 0.373 e.